The van der Waals surface area contributed by atoms with Gasteiger partial charge in [0.2, 0.25) is 5.91 Å². The lowest BCUT2D eigenvalue weighted by Crippen LogP contribution is -2.39. The van der Waals surface area contributed by atoms with Crippen LogP contribution in [-0.2, 0) is 9.53 Å². The third-order valence-corrected chi connectivity index (χ3v) is 3.64. The summed E-state index contributed by atoms with van der Waals surface area (Å²) in [6.07, 6.45) is 3.91. The van der Waals surface area contributed by atoms with E-state index >= 15 is 0 Å². The molecule has 0 aromatic heterocycles. The van der Waals surface area contributed by atoms with Gasteiger partial charge in [0.05, 0.1) is 12.6 Å². The summed E-state index contributed by atoms with van der Waals surface area (Å²) in [6.45, 7) is 8.05. The van der Waals surface area contributed by atoms with Gasteiger partial charge in [-0.3, -0.25) is 4.79 Å². The number of hydrogen-bond donors (Lipinski definition) is 0. The highest BCUT2D eigenvalue weighted by atomic mass is 16.5. The Kier molecular flexibility index (Phi) is 4.78. The summed E-state index contributed by atoms with van der Waals surface area (Å²) in [7, 11) is 1.71. The van der Waals surface area contributed by atoms with Crippen molar-refractivity contribution < 1.29 is 9.53 Å². The zero-order chi connectivity index (χ0) is 12.2. The van der Waals surface area contributed by atoms with Crippen molar-refractivity contribution in [2.24, 2.45) is 5.41 Å². The molecule has 1 rings (SSSR count). The van der Waals surface area contributed by atoms with Gasteiger partial charge in [0.25, 0.3) is 0 Å². The van der Waals surface area contributed by atoms with Crippen LogP contribution >= 0.6 is 0 Å². The summed E-state index contributed by atoms with van der Waals surface area (Å²) in [6, 6.07) is 0.310. The molecule has 0 bridgehead atoms. The fraction of sp³-hybridized carbons (Fsp3) is 0.923. The van der Waals surface area contributed by atoms with Gasteiger partial charge in [0.15, 0.2) is 0 Å². The van der Waals surface area contributed by atoms with Gasteiger partial charge in [-0.15, -0.1) is 0 Å². The van der Waals surface area contributed by atoms with Crippen LogP contribution in [0.4, 0.5) is 0 Å². The summed E-state index contributed by atoms with van der Waals surface area (Å²) in [5, 5.41) is 0. The minimum atomic E-state index is 0.122. The number of rotatable bonds is 5. The van der Waals surface area contributed by atoms with Crippen LogP contribution in [-0.4, -0.2) is 37.1 Å². The highest BCUT2D eigenvalue weighted by Crippen LogP contribution is 2.28. The van der Waals surface area contributed by atoms with Crippen LogP contribution in [0.25, 0.3) is 0 Å². The SMILES string of the molecule is CCC(C)(C)CC(=O)N1CCCC1COC. The Morgan fingerprint density at radius 3 is 2.75 bits per heavy atom. The van der Waals surface area contributed by atoms with E-state index in [1.165, 1.54) is 0 Å². The minimum absolute atomic E-state index is 0.122. The Balaban J connectivity index is 2.53. The maximum Gasteiger partial charge on any atom is 0.223 e. The largest absolute Gasteiger partial charge is 0.383 e. The lowest BCUT2D eigenvalue weighted by molar-refractivity contribution is -0.135. The number of hydrogen-bond acceptors (Lipinski definition) is 2. The van der Waals surface area contributed by atoms with Crippen molar-refractivity contribution in [2.45, 2.75) is 52.5 Å². The van der Waals surface area contributed by atoms with Crippen molar-refractivity contribution in [2.75, 3.05) is 20.3 Å². The van der Waals surface area contributed by atoms with E-state index in [4.69, 9.17) is 4.74 Å². The molecule has 0 spiro atoms. The first kappa shape index (κ1) is 13.5. The molecule has 1 heterocycles. The molecule has 0 aromatic rings. The van der Waals surface area contributed by atoms with Gasteiger partial charge < -0.3 is 9.64 Å². The van der Waals surface area contributed by atoms with E-state index in [0.29, 0.717) is 25.0 Å². The molecule has 94 valence electrons. The molecule has 0 radical (unpaired) electrons. The molecule has 1 atom stereocenters. The van der Waals surface area contributed by atoms with Crippen LogP contribution in [0.3, 0.4) is 0 Å². The zero-order valence-electron chi connectivity index (χ0n) is 11.1. The number of ether oxygens (including phenoxy) is 1. The normalized spacial score (nSPS) is 21.5. The van der Waals surface area contributed by atoms with Crippen molar-refractivity contribution >= 4 is 5.91 Å². The molecule has 0 aliphatic carbocycles. The number of amides is 1. The van der Waals surface area contributed by atoms with E-state index < -0.39 is 0 Å². The number of likely N-dealkylation sites (tertiary alicyclic amines) is 1. The minimum Gasteiger partial charge on any atom is -0.383 e. The third kappa shape index (κ3) is 3.48. The predicted octanol–water partition coefficient (Wildman–Crippen LogP) is 2.45. The van der Waals surface area contributed by atoms with Crippen LogP contribution in [0.5, 0.6) is 0 Å². The zero-order valence-corrected chi connectivity index (χ0v) is 11.1. The molecule has 0 N–H and O–H groups in total. The molecular formula is C13H25NO2. The number of carbonyl (C=O) groups excluding carboxylic acids is 1. The fourth-order valence-electron chi connectivity index (χ4n) is 2.17. The Morgan fingerprint density at radius 1 is 1.50 bits per heavy atom. The summed E-state index contributed by atoms with van der Waals surface area (Å²) < 4.78 is 5.17. The predicted molar refractivity (Wildman–Crippen MR) is 65.3 cm³/mol. The van der Waals surface area contributed by atoms with Crippen LogP contribution in [0, 0.1) is 5.41 Å². The van der Waals surface area contributed by atoms with Crippen LogP contribution in [0.2, 0.25) is 0 Å². The maximum absolute atomic E-state index is 12.2. The first-order valence-corrected chi connectivity index (χ1v) is 6.28. The smallest absolute Gasteiger partial charge is 0.223 e. The molecule has 0 aromatic carbocycles. The lowest BCUT2D eigenvalue weighted by atomic mass is 9.86. The standard InChI is InChI=1S/C13H25NO2/c1-5-13(2,3)9-12(15)14-8-6-7-11(14)10-16-4/h11H,5-10H2,1-4H3. The van der Waals surface area contributed by atoms with Crippen LogP contribution in [0.15, 0.2) is 0 Å². The second-order valence-electron chi connectivity index (χ2n) is 5.53. The molecule has 0 saturated carbocycles. The molecule has 3 nitrogen and oxygen atoms in total. The van der Waals surface area contributed by atoms with Crippen LogP contribution in [0.1, 0.15) is 46.5 Å². The van der Waals surface area contributed by atoms with Gasteiger partial charge in [0, 0.05) is 20.1 Å². The first-order valence-electron chi connectivity index (χ1n) is 6.28. The van der Waals surface area contributed by atoms with Crippen molar-refractivity contribution in [1.82, 2.24) is 4.90 Å². The van der Waals surface area contributed by atoms with Gasteiger partial charge in [0.1, 0.15) is 0 Å². The number of nitrogens with zero attached hydrogens (tertiary/aromatic N) is 1. The second-order valence-corrected chi connectivity index (χ2v) is 5.53. The summed E-state index contributed by atoms with van der Waals surface area (Å²) in [4.78, 5) is 14.2. The summed E-state index contributed by atoms with van der Waals surface area (Å²) in [5.74, 6) is 0.298. The van der Waals surface area contributed by atoms with Gasteiger partial charge >= 0.3 is 0 Å². The van der Waals surface area contributed by atoms with E-state index in [1.807, 2.05) is 4.90 Å². The number of carbonyl (C=O) groups is 1. The molecule has 1 unspecified atom stereocenters. The monoisotopic (exact) mass is 227 g/mol. The Hall–Kier alpha value is -0.570. The quantitative estimate of drug-likeness (QED) is 0.722. The summed E-state index contributed by atoms with van der Waals surface area (Å²) >= 11 is 0. The van der Waals surface area contributed by atoms with E-state index in [2.05, 4.69) is 20.8 Å². The van der Waals surface area contributed by atoms with E-state index in [-0.39, 0.29) is 5.41 Å². The van der Waals surface area contributed by atoms with E-state index in [0.717, 1.165) is 25.8 Å². The van der Waals surface area contributed by atoms with Crippen molar-refractivity contribution in [3.8, 4) is 0 Å². The molecule has 1 aliphatic heterocycles. The van der Waals surface area contributed by atoms with Gasteiger partial charge in [-0.1, -0.05) is 27.2 Å². The fourth-order valence-corrected chi connectivity index (χ4v) is 2.17. The van der Waals surface area contributed by atoms with E-state index in [1.54, 1.807) is 7.11 Å². The highest BCUT2D eigenvalue weighted by Gasteiger charge is 2.31. The van der Waals surface area contributed by atoms with Gasteiger partial charge in [-0.05, 0) is 18.3 Å². The number of methoxy groups -OCH3 is 1. The third-order valence-electron chi connectivity index (χ3n) is 3.64. The molecule has 1 saturated heterocycles. The summed E-state index contributed by atoms with van der Waals surface area (Å²) in [5.41, 5.74) is 0.122. The van der Waals surface area contributed by atoms with Crippen molar-refractivity contribution in [1.29, 1.82) is 0 Å². The van der Waals surface area contributed by atoms with Gasteiger partial charge in [-0.2, -0.15) is 0 Å². The topological polar surface area (TPSA) is 29.5 Å². The maximum atomic E-state index is 12.2. The second kappa shape index (κ2) is 5.67. The Morgan fingerprint density at radius 2 is 2.19 bits per heavy atom. The molecule has 3 heteroatoms. The Labute approximate surface area is 99.1 Å². The molecule has 1 aliphatic rings. The molecular weight excluding hydrogens is 202 g/mol. The molecule has 16 heavy (non-hydrogen) atoms. The van der Waals surface area contributed by atoms with Crippen LogP contribution < -0.4 is 0 Å². The van der Waals surface area contributed by atoms with Gasteiger partial charge in [-0.25, -0.2) is 0 Å². The van der Waals surface area contributed by atoms with Crippen molar-refractivity contribution in [3.63, 3.8) is 0 Å². The Bertz CT molecular complexity index is 238. The van der Waals surface area contributed by atoms with E-state index in [9.17, 15) is 4.79 Å². The first-order chi connectivity index (χ1) is 7.50. The average molecular weight is 227 g/mol. The molecule has 1 fully saturated rings. The molecule has 1 amide bonds. The highest BCUT2D eigenvalue weighted by molar-refractivity contribution is 5.77. The van der Waals surface area contributed by atoms with Crippen molar-refractivity contribution in [3.05, 3.63) is 0 Å². The lowest BCUT2D eigenvalue weighted by Gasteiger charge is -2.29. The average Bonchev–Trinajstić information content (AvgIpc) is 2.66.